The Hall–Kier alpha value is -6.16. The molecular formula is C39H34N4O8. The van der Waals surface area contributed by atoms with Crippen LogP contribution in [0.5, 0.6) is 5.75 Å². The van der Waals surface area contributed by atoms with Crippen LogP contribution in [-0.2, 0) is 24.5 Å². The van der Waals surface area contributed by atoms with Crippen LogP contribution in [0.15, 0.2) is 103 Å². The second-order valence-electron chi connectivity index (χ2n) is 12.5. The molecule has 12 nitrogen and oxygen atoms in total. The number of benzene rings is 4. The summed E-state index contributed by atoms with van der Waals surface area (Å²) in [6.45, 7) is -0.256. The van der Waals surface area contributed by atoms with Gasteiger partial charge in [0.15, 0.2) is 0 Å². The summed E-state index contributed by atoms with van der Waals surface area (Å²) >= 11 is 0. The number of primary amides is 1. The molecule has 0 aliphatic carbocycles. The van der Waals surface area contributed by atoms with Gasteiger partial charge in [-0.1, -0.05) is 84.6 Å². The molecule has 12 heteroatoms. The summed E-state index contributed by atoms with van der Waals surface area (Å²) < 4.78 is 12.0. The van der Waals surface area contributed by atoms with Gasteiger partial charge in [0.1, 0.15) is 35.8 Å². The summed E-state index contributed by atoms with van der Waals surface area (Å²) in [5.41, 5.74) is 6.46. The first kappa shape index (κ1) is 33.3. The maximum absolute atomic E-state index is 14.8. The van der Waals surface area contributed by atoms with Crippen LogP contribution in [0.1, 0.15) is 46.0 Å². The Kier molecular flexibility index (Phi) is 8.91. The van der Waals surface area contributed by atoms with Crippen LogP contribution in [0.3, 0.4) is 0 Å². The number of carboxylic acid groups (broad SMARTS) is 1. The van der Waals surface area contributed by atoms with E-state index in [2.05, 4.69) is 22.5 Å². The third-order valence-electron chi connectivity index (χ3n) is 9.69. The Morgan fingerprint density at radius 1 is 0.922 bits per heavy atom. The molecule has 6 unspecified atom stereocenters. The van der Waals surface area contributed by atoms with Gasteiger partial charge in [-0.2, -0.15) is 0 Å². The molecule has 3 amide bonds. The minimum Gasteiger partial charge on any atom is -0.491 e. The van der Waals surface area contributed by atoms with Crippen LogP contribution in [0.2, 0.25) is 0 Å². The number of amides is 3. The van der Waals surface area contributed by atoms with E-state index in [0.717, 1.165) is 5.56 Å². The van der Waals surface area contributed by atoms with Crippen molar-refractivity contribution in [2.24, 2.45) is 11.7 Å². The summed E-state index contributed by atoms with van der Waals surface area (Å²) in [6.07, 6.45) is -0.864. The molecule has 6 N–H and O–H groups in total. The quantitative estimate of drug-likeness (QED) is 0.137. The van der Waals surface area contributed by atoms with Crippen molar-refractivity contribution < 1.29 is 38.9 Å². The van der Waals surface area contributed by atoms with Gasteiger partial charge in [0.05, 0.1) is 25.2 Å². The zero-order chi connectivity index (χ0) is 35.7. The predicted octanol–water partition coefficient (Wildman–Crippen LogP) is 3.43. The molecule has 3 aliphatic heterocycles. The number of fused-ring (bicyclic) bond motifs is 3. The van der Waals surface area contributed by atoms with Gasteiger partial charge in [0.2, 0.25) is 5.91 Å². The molecule has 3 aliphatic rings. The summed E-state index contributed by atoms with van der Waals surface area (Å²) in [7, 11) is 0. The molecule has 2 saturated heterocycles. The number of anilines is 1. The van der Waals surface area contributed by atoms with Crippen molar-refractivity contribution in [3.63, 3.8) is 0 Å². The lowest BCUT2D eigenvalue weighted by Crippen LogP contribution is -2.52. The van der Waals surface area contributed by atoms with E-state index in [-0.39, 0.29) is 19.8 Å². The zero-order valence-corrected chi connectivity index (χ0v) is 27.2. The van der Waals surface area contributed by atoms with Gasteiger partial charge in [-0.3, -0.25) is 19.3 Å². The Morgan fingerprint density at radius 3 is 2.31 bits per heavy atom. The Balaban J connectivity index is 1.51. The zero-order valence-electron chi connectivity index (χ0n) is 27.2. The molecule has 6 atom stereocenters. The molecule has 51 heavy (non-hydrogen) atoms. The van der Waals surface area contributed by atoms with Gasteiger partial charge < -0.3 is 36.1 Å². The van der Waals surface area contributed by atoms with Crippen molar-refractivity contribution in [3.05, 3.63) is 131 Å². The SMILES string of the molecule is NC(=O)NCC#Cc1ccc2c(c1)C1(C(=O)N2)C(C(=O)O)C2C(=O)OC(c3ccccc3)C(c3ccccc3)N2C1c1cccc(OCCO)c1. The lowest BCUT2D eigenvalue weighted by atomic mass is 9.65. The number of urea groups is 1. The molecule has 0 aromatic heterocycles. The fourth-order valence-corrected chi connectivity index (χ4v) is 7.87. The molecule has 7 rings (SSSR count). The van der Waals surface area contributed by atoms with Gasteiger partial charge in [-0.25, -0.2) is 4.79 Å². The van der Waals surface area contributed by atoms with E-state index in [4.69, 9.17) is 15.2 Å². The number of aliphatic hydroxyl groups excluding tert-OH is 1. The number of carbonyl (C=O) groups excluding carboxylic acids is 3. The number of ether oxygens (including phenoxy) is 2. The molecule has 258 valence electrons. The van der Waals surface area contributed by atoms with Crippen LogP contribution >= 0.6 is 0 Å². The first-order chi connectivity index (χ1) is 24.7. The Bertz CT molecular complexity index is 2060. The number of cyclic esters (lactones) is 1. The number of aliphatic carboxylic acids is 1. The molecule has 0 bridgehead atoms. The summed E-state index contributed by atoms with van der Waals surface area (Å²) in [6, 6.07) is 26.6. The second kappa shape index (κ2) is 13.6. The van der Waals surface area contributed by atoms with Gasteiger partial charge >= 0.3 is 18.0 Å². The van der Waals surface area contributed by atoms with E-state index >= 15 is 0 Å². The number of morpholine rings is 1. The van der Waals surface area contributed by atoms with Gasteiger partial charge in [0, 0.05) is 11.3 Å². The summed E-state index contributed by atoms with van der Waals surface area (Å²) in [4.78, 5) is 55.9. The number of esters is 1. The highest BCUT2D eigenvalue weighted by Gasteiger charge is 2.74. The van der Waals surface area contributed by atoms with Gasteiger partial charge in [0.25, 0.3) is 0 Å². The lowest BCUT2D eigenvalue weighted by molar-refractivity contribution is -0.179. The fourth-order valence-electron chi connectivity index (χ4n) is 7.87. The van der Waals surface area contributed by atoms with Crippen molar-refractivity contribution in [2.75, 3.05) is 25.1 Å². The highest BCUT2D eigenvalue weighted by atomic mass is 16.6. The summed E-state index contributed by atoms with van der Waals surface area (Å²) in [5.74, 6) is 1.84. The van der Waals surface area contributed by atoms with Crippen LogP contribution in [0, 0.1) is 17.8 Å². The number of hydrogen-bond donors (Lipinski definition) is 5. The van der Waals surface area contributed by atoms with Crippen LogP contribution in [-0.4, -0.2) is 64.8 Å². The molecule has 0 radical (unpaired) electrons. The largest absolute Gasteiger partial charge is 0.491 e. The molecule has 3 heterocycles. The van der Waals surface area contributed by atoms with E-state index in [1.807, 2.05) is 65.6 Å². The number of carbonyl (C=O) groups is 4. The van der Waals surface area contributed by atoms with Crippen molar-refractivity contribution >= 4 is 29.6 Å². The molecule has 4 aromatic carbocycles. The van der Waals surface area contributed by atoms with E-state index in [9.17, 15) is 29.4 Å². The molecule has 0 saturated carbocycles. The number of nitrogens with one attached hydrogen (secondary N) is 2. The highest BCUT2D eigenvalue weighted by molar-refractivity contribution is 6.11. The highest BCUT2D eigenvalue weighted by Crippen LogP contribution is 2.64. The average molecular weight is 687 g/mol. The van der Waals surface area contributed by atoms with E-state index in [1.165, 1.54) is 0 Å². The number of hydrogen-bond acceptors (Lipinski definition) is 8. The van der Waals surface area contributed by atoms with E-state index in [1.54, 1.807) is 42.5 Å². The average Bonchev–Trinajstić information content (AvgIpc) is 3.62. The smallest absolute Gasteiger partial charge is 0.325 e. The maximum Gasteiger partial charge on any atom is 0.325 e. The first-order valence-corrected chi connectivity index (χ1v) is 16.4. The summed E-state index contributed by atoms with van der Waals surface area (Å²) in [5, 5.41) is 26.0. The van der Waals surface area contributed by atoms with Crippen molar-refractivity contribution in [3.8, 4) is 17.6 Å². The van der Waals surface area contributed by atoms with Gasteiger partial charge in [-0.05, 0) is 52.6 Å². The van der Waals surface area contributed by atoms with Crippen LogP contribution < -0.4 is 21.1 Å². The lowest BCUT2D eigenvalue weighted by Gasteiger charge is -2.46. The molecule has 4 aromatic rings. The normalized spacial score (nSPS) is 24.8. The number of nitrogens with two attached hydrogens (primary N) is 1. The monoisotopic (exact) mass is 686 g/mol. The standard InChI is InChI=1S/C39H34N4O8/c40-38(49)41-18-8-9-23-16-17-29-28(21-23)39(37(48)42-29)30(35(45)46)32-36(47)51-33(25-12-5-2-6-13-25)31(24-10-3-1-4-11-24)43(32)34(39)26-14-7-15-27(22-26)50-20-19-44/h1-7,10-17,21-22,30-34,44H,18-20H2,(H,42,48)(H,45,46)(H3,40,41,49). The first-order valence-electron chi connectivity index (χ1n) is 16.4. The molecule has 2 fully saturated rings. The fraction of sp³-hybridized carbons (Fsp3) is 0.231. The maximum atomic E-state index is 14.8. The number of nitrogens with zero attached hydrogens (tertiary/aromatic N) is 1. The number of carboxylic acids is 1. The van der Waals surface area contributed by atoms with Gasteiger partial charge in [-0.15, -0.1) is 0 Å². The number of rotatable bonds is 8. The minimum absolute atomic E-state index is 0.00829. The number of aliphatic hydroxyl groups is 1. The Morgan fingerprint density at radius 2 is 1.63 bits per heavy atom. The second-order valence-corrected chi connectivity index (χ2v) is 12.5. The molecular weight excluding hydrogens is 652 g/mol. The van der Waals surface area contributed by atoms with Crippen LogP contribution in [0.4, 0.5) is 10.5 Å². The Labute approximate surface area is 293 Å². The third-order valence-corrected chi connectivity index (χ3v) is 9.69. The van der Waals surface area contributed by atoms with E-state index < -0.39 is 59.4 Å². The minimum atomic E-state index is -1.87. The topological polar surface area (TPSA) is 181 Å². The van der Waals surface area contributed by atoms with Crippen molar-refractivity contribution in [2.45, 2.75) is 29.6 Å². The van der Waals surface area contributed by atoms with E-state index in [0.29, 0.717) is 33.7 Å². The van der Waals surface area contributed by atoms with Crippen molar-refractivity contribution in [1.29, 1.82) is 0 Å². The third kappa shape index (κ3) is 5.72. The molecule has 1 spiro atoms. The predicted molar refractivity (Wildman–Crippen MR) is 184 cm³/mol. The van der Waals surface area contributed by atoms with Crippen LogP contribution in [0.25, 0.3) is 0 Å². The van der Waals surface area contributed by atoms with Crippen molar-refractivity contribution in [1.82, 2.24) is 10.2 Å².